The lowest BCUT2D eigenvalue weighted by atomic mass is 10.1. The minimum atomic E-state index is -0.291. The molecule has 26 heavy (non-hydrogen) atoms. The van der Waals surface area contributed by atoms with Gasteiger partial charge in [-0.05, 0) is 37.3 Å². The molecule has 2 aromatic carbocycles. The van der Waals surface area contributed by atoms with E-state index in [0.29, 0.717) is 17.2 Å². The molecular weight excluding hydrogens is 334 g/mol. The summed E-state index contributed by atoms with van der Waals surface area (Å²) < 4.78 is 12.0. The zero-order valence-corrected chi connectivity index (χ0v) is 14.8. The number of rotatable bonds is 6. The Balaban J connectivity index is 1.69. The van der Waals surface area contributed by atoms with Gasteiger partial charge in [0.25, 0.3) is 5.91 Å². The van der Waals surface area contributed by atoms with Crippen molar-refractivity contribution in [3.63, 3.8) is 0 Å². The number of nitrogens with one attached hydrogen (secondary N) is 1. The average Bonchev–Trinajstić information content (AvgIpc) is 3.08. The fourth-order valence-corrected chi connectivity index (χ4v) is 2.48. The van der Waals surface area contributed by atoms with E-state index in [2.05, 4.69) is 20.8 Å². The number of amides is 1. The highest BCUT2D eigenvalue weighted by molar-refractivity contribution is 5.99. The molecule has 0 radical (unpaired) electrons. The second-order valence-corrected chi connectivity index (χ2v) is 5.54. The van der Waals surface area contributed by atoms with Crippen LogP contribution in [0.25, 0.3) is 11.0 Å². The molecule has 3 rings (SSSR count). The Morgan fingerprint density at radius 2 is 1.92 bits per heavy atom. The fourth-order valence-electron chi connectivity index (χ4n) is 2.48. The molecule has 0 aliphatic rings. The van der Waals surface area contributed by atoms with Crippen LogP contribution in [0.3, 0.4) is 0 Å². The van der Waals surface area contributed by atoms with Gasteiger partial charge in [0.15, 0.2) is 11.5 Å². The molecule has 3 aromatic rings. The molecular formula is C18H19N5O3. The molecule has 0 saturated carbocycles. The first-order chi connectivity index (χ1) is 12.6. The topological polar surface area (TPSA) is 90.6 Å². The molecule has 0 spiro atoms. The molecule has 1 aromatic heterocycles. The summed E-state index contributed by atoms with van der Waals surface area (Å²) in [5.41, 5.74) is 5.53. The van der Waals surface area contributed by atoms with E-state index in [1.807, 2.05) is 30.3 Å². The predicted molar refractivity (Wildman–Crippen MR) is 97.4 cm³/mol. The number of ether oxygens (including phenoxy) is 2. The lowest BCUT2D eigenvalue weighted by Crippen LogP contribution is -2.24. The highest BCUT2D eigenvalue weighted by Gasteiger charge is 2.09. The first-order valence-corrected chi connectivity index (χ1v) is 7.96. The number of carbonyl (C=O) groups excluding carboxylic acids is 1. The van der Waals surface area contributed by atoms with E-state index in [1.165, 1.54) is 4.68 Å². The SMILES string of the molecule is COc1ccc(C(C)=NNC(=O)Cn2nnc3ccccc32)cc1OC. The summed E-state index contributed by atoms with van der Waals surface area (Å²) in [6.45, 7) is 1.83. The van der Waals surface area contributed by atoms with Gasteiger partial charge < -0.3 is 9.47 Å². The van der Waals surface area contributed by atoms with E-state index in [9.17, 15) is 4.79 Å². The van der Waals surface area contributed by atoms with Crippen LogP contribution in [0.4, 0.5) is 0 Å². The molecule has 8 heteroatoms. The number of aromatic nitrogens is 3. The highest BCUT2D eigenvalue weighted by atomic mass is 16.5. The van der Waals surface area contributed by atoms with E-state index >= 15 is 0 Å². The number of nitrogens with zero attached hydrogens (tertiary/aromatic N) is 4. The quantitative estimate of drug-likeness (QED) is 0.541. The van der Waals surface area contributed by atoms with E-state index in [1.54, 1.807) is 33.3 Å². The first kappa shape index (κ1) is 17.4. The number of benzene rings is 2. The molecule has 1 amide bonds. The monoisotopic (exact) mass is 353 g/mol. The smallest absolute Gasteiger partial charge is 0.261 e. The number of hydrogen-bond donors (Lipinski definition) is 1. The summed E-state index contributed by atoms with van der Waals surface area (Å²) in [6.07, 6.45) is 0. The lowest BCUT2D eigenvalue weighted by molar-refractivity contribution is -0.121. The van der Waals surface area contributed by atoms with Gasteiger partial charge in [0.2, 0.25) is 0 Å². The summed E-state index contributed by atoms with van der Waals surface area (Å²) in [4.78, 5) is 12.2. The van der Waals surface area contributed by atoms with Crippen LogP contribution in [0.15, 0.2) is 47.6 Å². The molecule has 0 atom stereocenters. The summed E-state index contributed by atoms with van der Waals surface area (Å²) in [6, 6.07) is 12.9. The number of methoxy groups -OCH3 is 2. The van der Waals surface area contributed by atoms with Crippen molar-refractivity contribution in [3.05, 3.63) is 48.0 Å². The number of hydrazone groups is 1. The normalized spacial score (nSPS) is 11.4. The first-order valence-electron chi connectivity index (χ1n) is 7.96. The van der Waals surface area contributed by atoms with Crippen molar-refractivity contribution < 1.29 is 14.3 Å². The Bertz CT molecular complexity index is 964. The molecule has 1 heterocycles. The lowest BCUT2D eigenvalue weighted by Gasteiger charge is -2.09. The van der Waals surface area contributed by atoms with E-state index < -0.39 is 0 Å². The van der Waals surface area contributed by atoms with E-state index in [4.69, 9.17) is 9.47 Å². The number of hydrogen-bond acceptors (Lipinski definition) is 6. The maximum Gasteiger partial charge on any atom is 0.261 e. The van der Waals surface area contributed by atoms with Crippen LogP contribution in [0.1, 0.15) is 12.5 Å². The molecule has 134 valence electrons. The summed E-state index contributed by atoms with van der Waals surface area (Å²) in [5.74, 6) is 0.937. The number of carbonyl (C=O) groups is 1. The minimum absolute atomic E-state index is 0.0310. The maximum absolute atomic E-state index is 12.2. The van der Waals surface area contributed by atoms with Crippen LogP contribution in [-0.2, 0) is 11.3 Å². The van der Waals surface area contributed by atoms with Crippen molar-refractivity contribution in [3.8, 4) is 11.5 Å². The second kappa shape index (κ2) is 7.64. The third kappa shape index (κ3) is 3.64. The Morgan fingerprint density at radius 1 is 1.15 bits per heavy atom. The van der Waals surface area contributed by atoms with Gasteiger partial charge in [-0.15, -0.1) is 5.10 Å². The molecule has 0 fully saturated rings. The van der Waals surface area contributed by atoms with Crippen molar-refractivity contribution in [2.45, 2.75) is 13.5 Å². The van der Waals surface area contributed by atoms with Gasteiger partial charge in [-0.2, -0.15) is 5.10 Å². The molecule has 8 nitrogen and oxygen atoms in total. The van der Waals surface area contributed by atoms with Gasteiger partial charge in [0, 0.05) is 5.56 Å². The van der Waals surface area contributed by atoms with Crippen molar-refractivity contribution in [1.29, 1.82) is 0 Å². The van der Waals surface area contributed by atoms with Crippen LogP contribution < -0.4 is 14.9 Å². The Hall–Kier alpha value is -3.42. The Kier molecular flexibility index (Phi) is 5.12. The van der Waals surface area contributed by atoms with E-state index in [0.717, 1.165) is 16.6 Å². The fraction of sp³-hybridized carbons (Fsp3) is 0.222. The molecule has 0 saturated heterocycles. The van der Waals surface area contributed by atoms with Gasteiger partial charge in [0.1, 0.15) is 12.1 Å². The third-order valence-corrected chi connectivity index (χ3v) is 3.86. The maximum atomic E-state index is 12.2. The second-order valence-electron chi connectivity index (χ2n) is 5.54. The third-order valence-electron chi connectivity index (χ3n) is 3.86. The largest absolute Gasteiger partial charge is 0.493 e. The van der Waals surface area contributed by atoms with Gasteiger partial charge in [-0.3, -0.25) is 4.79 Å². The van der Waals surface area contributed by atoms with Crippen molar-refractivity contribution in [1.82, 2.24) is 20.4 Å². The van der Waals surface area contributed by atoms with Crippen LogP contribution in [-0.4, -0.2) is 40.8 Å². The standard InChI is InChI=1S/C18H19N5O3/c1-12(13-8-9-16(25-2)17(10-13)26-3)19-21-18(24)11-23-15-7-5-4-6-14(15)20-22-23/h4-10H,11H2,1-3H3,(H,21,24). The van der Waals surface area contributed by atoms with Crippen molar-refractivity contribution in [2.24, 2.45) is 5.10 Å². The van der Waals surface area contributed by atoms with Crippen molar-refractivity contribution in [2.75, 3.05) is 14.2 Å². The summed E-state index contributed by atoms with van der Waals surface area (Å²) >= 11 is 0. The van der Waals surface area contributed by atoms with Crippen LogP contribution in [0.5, 0.6) is 11.5 Å². The van der Waals surface area contributed by atoms with Crippen molar-refractivity contribution >= 4 is 22.7 Å². The average molecular weight is 353 g/mol. The number of fused-ring (bicyclic) bond motifs is 1. The van der Waals surface area contributed by atoms with Crippen LogP contribution in [0, 0.1) is 0 Å². The predicted octanol–water partition coefficient (Wildman–Crippen LogP) is 1.99. The zero-order chi connectivity index (χ0) is 18.5. The van der Waals surface area contributed by atoms with Gasteiger partial charge in [-0.25, -0.2) is 10.1 Å². The van der Waals surface area contributed by atoms with Gasteiger partial charge in [-0.1, -0.05) is 17.3 Å². The molecule has 0 aliphatic heterocycles. The number of para-hydroxylation sites is 1. The van der Waals surface area contributed by atoms with Crippen LogP contribution >= 0.6 is 0 Å². The summed E-state index contributed by atoms with van der Waals surface area (Å²) in [7, 11) is 3.14. The summed E-state index contributed by atoms with van der Waals surface area (Å²) in [5, 5.41) is 12.2. The Morgan fingerprint density at radius 3 is 2.69 bits per heavy atom. The molecule has 0 bridgehead atoms. The molecule has 1 N–H and O–H groups in total. The molecule has 0 aliphatic carbocycles. The minimum Gasteiger partial charge on any atom is -0.493 e. The Labute approximate surface area is 150 Å². The van der Waals surface area contributed by atoms with E-state index in [-0.39, 0.29) is 12.5 Å². The van der Waals surface area contributed by atoms with Gasteiger partial charge >= 0.3 is 0 Å². The van der Waals surface area contributed by atoms with Gasteiger partial charge in [0.05, 0.1) is 25.4 Å². The highest BCUT2D eigenvalue weighted by Crippen LogP contribution is 2.27. The zero-order valence-electron chi connectivity index (χ0n) is 14.8. The van der Waals surface area contributed by atoms with Crippen LogP contribution in [0.2, 0.25) is 0 Å². The molecule has 0 unspecified atom stereocenters.